The minimum atomic E-state index is 0.253. The molecular weight excluding hydrogens is 428 g/mol. The second kappa shape index (κ2) is 13.4. The zero-order valence-electron chi connectivity index (χ0n) is 20.1. The summed E-state index contributed by atoms with van der Waals surface area (Å²) >= 11 is 1.87. The van der Waals surface area contributed by atoms with Crippen LogP contribution in [0.15, 0.2) is 64.6 Å². The zero-order valence-corrected chi connectivity index (χ0v) is 20.9. The molecule has 0 spiro atoms. The van der Waals surface area contributed by atoms with Gasteiger partial charge in [-0.1, -0.05) is 57.0 Å². The van der Waals surface area contributed by atoms with Crippen LogP contribution in [0.5, 0.6) is 0 Å². The Balaban J connectivity index is 1.29. The van der Waals surface area contributed by atoms with E-state index in [2.05, 4.69) is 44.8 Å². The lowest BCUT2D eigenvalue weighted by atomic mass is 10.0. The number of hydrogen-bond donors (Lipinski definition) is 2. The van der Waals surface area contributed by atoms with Gasteiger partial charge in [-0.05, 0) is 42.9 Å². The fourth-order valence-electron chi connectivity index (χ4n) is 3.93. The number of rotatable bonds is 12. The molecule has 1 saturated heterocycles. The molecule has 0 bridgehead atoms. The quantitative estimate of drug-likeness (QED) is 0.153. The molecule has 2 aliphatic rings. The molecule has 1 aromatic carbocycles. The van der Waals surface area contributed by atoms with E-state index < -0.39 is 0 Å². The minimum absolute atomic E-state index is 0.253. The van der Waals surface area contributed by atoms with Crippen LogP contribution in [-0.2, 0) is 6.42 Å². The highest BCUT2D eigenvalue weighted by Gasteiger charge is 2.22. The average Bonchev–Trinajstić information content (AvgIpc) is 3.17. The SMILES string of the molecule is CCC1=CCC(N2CCN(CCCCCCc3ccc(C(=N)/C=C(\O)CC)cc3)S2)=CC=N1. The molecule has 2 N–H and O–H groups in total. The normalized spacial score (nSPS) is 17.2. The van der Waals surface area contributed by atoms with Crippen molar-refractivity contribution in [2.45, 2.75) is 65.2 Å². The van der Waals surface area contributed by atoms with Gasteiger partial charge >= 0.3 is 0 Å². The molecule has 178 valence electrons. The van der Waals surface area contributed by atoms with Crippen molar-refractivity contribution in [3.8, 4) is 0 Å². The maximum absolute atomic E-state index is 9.61. The third-order valence-electron chi connectivity index (χ3n) is 6.06. The largest absolute Gasteiger partial charge is 0.512 e. The first kappa shape index (κ1) is 25.3. The van der Waals surface area contributed by atoms with Crippen LogP contribution in [0, 0.1) is 5.41 Å². The first-order valence-corrected chi connectivity index (χ1v) is 13.0. The monoisotopic (exact) mass is 466 g/mol. The number of aliphatic hydroxyl groups excluding tert-OH is 1. The number of benzene rings is 1. The molecule has 33 heavy (non-hydrogen) atoms. The molecular formula is C27H38N4OS. The highest BCUT2D eigenvalue weighted by atomic mass is 32.2. The number of unbranched alkanes of at least 4 members (excludes halogenated alkanes) is 3. The molecule has 2 heterocycles. The van der Waals surface area contributed by atoms with E-state index in [1.54, 1.807) is 0 Å². The molecule has 0 atom stereocenters. The van der Waals surface area contributed by atoms with Gasteiger partial charge in [0.05, 0.1) is 11.5 Å². The van der Waals surface area contributed by atoms with E-state index in [0.29, 0.717) is 12.1 Å². The molecule has 0 saturated carbocycles. The smallest absolute Gasteiger partial charge is 0.0941 e. The van der Waals surface area contributed by atoms with Crippen LogP contribution >= 0.6 is 12.1 Å². The number of allylic oxidation sites excluding steroid dienone is 5. The summed E-state index contributed by atoms with van der Waals surface area (Å²) < 4.78 is 4.91. The van der Waals surface area contributed by atoms with Crippen molar-refractivity contribution < 1.29 is 5.11 Å². The zero-order chi connectivity index (χ0) is 23.5. The highest BCUT2D eigenvalue weighted by molar-refractivity contribution is 7.95. The van der Waals surface area contributed by atoms with Crippen molar-refractivity contribution in [2.24, 2.45) is 4.99 Å². The Labute approximate surface area is 203 Å². The maximum Gasteiger partial charge on any atom is 0.0941 e. The first-order chi connectivity index (χ1) is 16.1. The molecule has 6 heteroatoms. The third-order valence-corrected chi connectivity index (χ3v) is 7.27. The van der Waals surface area contributed by atoms with E-state index in [1.165, 1.54) is 48.7 Å². The number of aliphatic imine (C=N–C) groups is 1. The Kier molecular flexibility index (Phi) is 10.3. The van der Waals surface area contributed by atoms with Gasteiger partial charge in [-0.15, -0.1) is 0 Å². The summed E-state index contributed by atoms with van der Waals surface area (Å²) in [6.45, 7) is 7.39. The lowest BCUT2D eigenvalue weighted by molar-refractivity contribution is 0.395. The van der Waals surface area contributed by atoms with E-state index in [-0.39, 0.29) is 5.76 Å². The molecule has 0 aliphatic carbocycles. The second-order valence-electron chi connectivity index (χ2n) is 8.57. The van der Waals surface area contributed by atoms with Crippen LogP contribution in [0.3, 0.4) is 0 Å². The van der Waals surface area contributed by atoms with E-state index >= 15 is 0 Å². The van der Waals surface area contributed by atoms with Crippen molar-refractivity contribution in [3.63, 3.8) is 0 Å². The Morgan fingerprint density at radius 3 is 2.67 bits per heavy atom. The fourth-order valence-corrected chi connectivity index (χ4v) is 4.99. The fraction of sp³-hybridized carbons (Fsp3) is 0.481. The number of nitrogens with zero attached hydrogens (tertiary/aromatic N) is 3. The van der Waals surface area contributed by atoms with Crippen LogP contribution in [0.2, 0.25) is 0 Å². The molecule has 1 fully saturated rings. The van der Waals surface area contributed by atoms with Crippen molar-refractivity contribution in [1.29, 1.82) is 5.41 Å². The summed E-state index contributed by atoms with van der Waals surface area (Å²) in [5.74, 6) is 0.253. The summed E-state index contributed by atoms with van der Waals surface area (Å²) in [6.07, 6.45) is 16.5. The highest BCUT2D eigenvalue weighted by Crippen LogP contribution is 2.30. The summed E-state index contributed by atoms with van der Waals surface area (Å²) in [5.41, 5.74) is 5.08. The van der Waals surface area contributed by atoms with Gasteiger partial charge in [-0.3, -0.25) is 4.99 Å². The number of aryl methyl sites for hydroxylation is 1. The summed E-state index contributed by atoms with van der Waals surface area (Å²) in [5, 5.41) is 17.7. The number of hydrogen-bond acceptors (Lipinski definition) is 6. The first-order valence-electron chi connectivity index (χ1n) is 12.3. The van der Waals surface area contributed by atoms with Gasteiger partial charge in [0, 0.05) is 68.3 Å². The average molecular weight is 467 g/mol. The van der Waals surface area contributed by atoms with Crippen molar-refractivity contribution in [2.75, 3.05) is 19.6 Å². The predicted molar refractivity (Wildman–Crippen MR) is 142 cm³/mol. The van der Waals surface area contributed by atoms with Gasteiger partial charge in [0.15, 0.2) is 0 Å². The predicted octanol–water partition coefficient (Wildman–Crippen LogP) is 6.84. The summed E-state index contributed by atoms with van der Waals surface area (Å²) in [7, 11) is 0. The van der Waals surface area contributed by atoms with E-state index in [1.807, 2.05) is 37.4 Å². The van der Waals surface area contributed by atoms with Gasteiger partial charge in [-0.2, -0.15) is 0 Å². The van der Waals surface area contributed by atoms with E-state index in [0.717, 1.165) is 44.5 Å². The summed E-state index contributed by atoms with van der Waals surface area (Å²) in [4.78, 5) is 4.50. The van der Waals surface area contributed by atoms with Crippen molar-refractivity contribution in [3.05, 3.63) is 70.8 Å². The van der Waals surface area contributed by atoms with Crippen LogP contribution in [0.25, 0.3) is 0 Å². The Bertz CT molecular complexity index is 901. The summed E-state index contributed by atoms with van der Waals surface area (Å²) in [6, 6.07) is 8.20. The lowest BCUT2D eigenvalue weighted by Gasteiger charge is -2.19. The molecule has 1 aromatic rings. The van der Waals surface area contributed by atoms with Crippen molar-refractivity contribution in [1.82, 2.24) is 8.61 Å². The van der Waals surface area contributed by atoms with Gasteiger partial charge in [-0.25, -0.2) is 4.31 Å². The molecule has 2 aliphatic heterocycles. The number of nitrogens with one attached hydrogen (secondary N) is 1. The van der Waals surface area contributed by atoms with E-state index in [4.69, 9.17) is 5.41 Å². The van der Waals surface area contributed by atoms with E-state index in [9.17, 15) is 5.11 Å². The van der Waals surface area contributed by atoms with Crippen LogP contribution in [0.1, 0.15) is 69.9 Å². The molecule has 0 radical (unpaired) electrons. The second-order valence-corrected chi connectivity index (χ2v) is 9.69. The Morgan fingerprint density at radius 2 is 1.91 bits per heavy atom. The number of aliphatic hydroxyl groups is 1. The standard InChI is InChI=1S/C27H38N4OS/c1-3-24-14-15-25(16-17-29-24)31-20-19-30(33-31)18-8-6-5-7-9-22-10-12-23(13-11-22)27(28)21-26(32)4-2/h10-14,16-17,21,28,32H,3-9,15,18-20H2,1-2H3/b26-21-,28-27?. The minimum Gasteiger partial charge on any atom is -0.512 e. The van der Waals surface area contributed by atoms with Gasteiger partial charge < -0.3 is 14.8 Å². The molecule has 0 unspecified atom stereocenters. The van der Waals surface area contributed by atoms with Gasteiger partial charge in [0.25, 0.3) is 0 Å². The third kappa shape index (κ3) is 8.20. The van der Waals surface area contributed by atoms with Gasteiger partial charge in [0.1, 0.15) is 0 Å². The van der Waals surface area contributed by atoms with Crippen LogP contribution in [-0.4, -0.2) is 45.3 Å². The van der Waals surface area contributed by atoms with Crippen LogP contribution in [0.4, 0.5) is 0 Å². The molecule has 5 nitrogen and oxygen atoms in total. The van der Waals surface area contributed by atoms with Crippen LogP contribution < -0.4 is 0 Å². The molecule has 0 aromatic heterocycles. The van der Waals surface area contributed by atoms with Crippen molar-refractivity contribution >= 4 is 24.1 Å². The Morgan fingerprint density at radius 1 is 1.12 bits per heavy atom. The molecule has 3 rings (SSSR count). The Hall–Kier alpha value is -2.31. The topological polar surface area (TPSA) is 62.9 Å². The maximum atomic E-state index is 9.61. The lowest BCUT2D eigenvalue weighted by Crippen LogP contribution is -2.13. The van der Waals surface area contributed by atoms with Gasteiger partial charge in [0.2, 0.25) is 0 Å². The molecule has 0 amide bonds.